The molecule has 1 rings (SSSR count). The second-order valence-corrected chi connectivity index (χ2v) is 4.86. The molecule has 1 aromatic carbocycles. The number of phenols is 1. The summed E-state index contributed by atoms with van der Waals surface area (Å²) in [4.78, 5) is 0. The highest BCUT2D eigenvalue weighted by atomic mass is 79.9. The molecule has 6 heteroatoms. The van der Waals surface area contributed by atoms with Crippen molar-refractivity contribution in [3.63, 3.8) is 0 Å². The zero-order valence-corrected chi connectivity index (χ0v) is 11.2. The summed E-state index contributed by atoms with van der Waals surface area (Å²) in [7, 11) is 0. The highest BCUT2D eigenvalue weighted by molar-refractivity contribution is 9.10. The van der Waals surface area contributed by atoms with Crippen molar-refractivity contribution in [2.45, 2.75) is 19.9 Å². The van der Waals surface area contributed by atoms with Crippen LogP contribution in [0.3, 0.4) is 0 Å². The van der Waals surface area contributed by atoms with Gasteiger partial charge in [-0.15, -0.1) is 0 Å². The average molecular weight is 307 g/mol. The topological polar surface area (TPSA) is 44.3 Å². The fourth-order valence-electron chi connectivity index (χ4n) is 1.08. The highest BCUT2D eigenvalue weighted by Crippen LogP contribution is 2.30. The summed E-state index contributed by atoms with van der Waals surface area (Å²) in [6, 6.07) is 2.89. The summed E-state index contributed by atoms with van der Waals surface area (Å²) in [5.41, 5.74) is 0.227. The Hall–Kier alpha value is -0.880. The molecule has 0 radical (unpaired) electrons. The van der Waals surface area contributed by atoms with Crippen LogP contribution in [0.5, 0.6) is 5.75 Å². The van der Waals surface area contributed by atoms with Gasteiger partial charge in [0.2, 0.25) is 0 Å². The number of anilines is 1. The molecule has 0 unspecified atom stereocenters. The molecule has 0 amide bonds. The summed E-state index contributed by atoms with van der Waals surface area (Å²) < 4.78 is 13.7. The molecule has 88 valence electrons. The molecule has 0 aliphatic carbocycles. The van der Waals surface area contributed by atoms with Crippen LogP contribution in [0.15, 0.2) is 16.6 Å². The van der Waals surface area contributed by atoms with Crippen LogP contribution in [-0.4, -0.2) is 16.3 Å². The Bertz CT molecular complexity index is 412. The van der Waals surface area contributed by atoms with Gasteiger partial charge in [-0.05, 0) is 38.2 Å². The maximum Gasteiger partial charge on any atom is 0.175 e. The first-order valence-corrected chi connectivity index (χ1v) is 5.86. The average Bonchev–Trinajstić information content (AvgIpc) is 2.11. The molecule has 0 fully saturated rings. The van der Waals surface area contributed by atoms with Gasteiger partial charge < -0.3 is 15.7 Å². The summed E-state index contributed by atoms with van der Waals surface area (Å²) in [6.45, 7) is 3.85. The van der Waals surface area contributed by atoms with Crippen LogP contribution < -0.4 is 10.6 Å². The second kappa shape index (κ2) is 5.45. The Morgan fingerprint density at radius 1 is 1.50 bits per heavy atom. The monoisotopic (exact) mass is 306 g/mol. The molecular formula is C10H12BrFN2OS. The summed E-state index contributed by atoms with van der Waals surface area (Å²) in [5.74, 6) is -1.15. The quantitative estimate of drug-likeness (QED) is 0.580. The third kappa shape index (κ3) is 3.61. The first-order chi connectivity index (χ1) is 7.40. The fraction of sp³-hybridized carbons (Fsp3) is 0.300. The molecule has 0 saturated heterocycles. The molecule has 3 N–H and O–H groups in total. The molecule has 0 saturated carbocycles. The molecule has 0 aliphatic rings. The lowest BCUT2D eigenvalue weighted by Gasteiger charge is -2.14. The van der Waals surface area contributed by atoms with Gasteiger partial charge in [0, 0.05) is 10.5 Å². The lowest BCUT2D eigenvalue weighted by Crippen LogP contribution is -2.33. The van der Waals surface area contributed by atoms with E-state index in [1.54, 1.807) is 6.07 Å². The number of hydrogen-bond acceptors (Lipinski definition) is 2. The molecule has 0 aliphatic heterocycles. The maximum atomic E-state index is 13.2. The Balaban J connectivity index is 2.85. The molecule has 0 heterocycles. The molecule has 0 bridgehead atoms. The number of aromatic hydroxyl groups is 1. The number of hydrogen-bond donors (Lipinski definition) is 3. The number of benzene rings is 1. The first kappa shape index (κ1) is 13.2. The minimum Gasteiger partial charge on any atom is -0.503 e. The van der Waals surface area contributed by atoms with Crippen molar-refractivity contribution in [2.24, 2.45) is 0 Å². The summed E-state index contributed by atoms with van der Waals surface area (Å²) in [6.07, 6.45) is 0. The predicted octanol–water partition coefficient (Wildman–Crippen LogP) is 2.99. The Labute approximate surface area is 107 Å². The number of nitrogens with one attached hydrogen (secondary N) is 2. The van der Waals surface area contributed by atoms with E-state index in [0.29, 0.717) is 9.59 Å². The van der Waals surface area contributed by atoms with Gasteiger partial charge in [0.05, 0.1) is 5.69 Å². The standard InChI is InChI=1S/C10H12BrFN2OS/c1-5(2)13-10(16)14-8-4-6(11)3-7(12)9(8)15/h3-5,15H,1-2H3,(H2,13,14,16). The Morgan fingerprint density at radius 3 is 2.69 bits per heavy atom. The minimum absolute atomic E-state index is 0.166. The normalized spacial score (nSPS) is 10.3. The Morgan fingerprint density at radius 2 is 2.12 bits per heavy atom. The van der Waals surface area contributed by atoms with Crippen LogP contribution in [-0.2, 0) is 0 Å². The predicted molar refractivity (Wildman–Crippen MR) is 70.3 cm³/mol. The lowest BCUT2D eigenvalue weighted by molar-refractivity contribution is 0.434. The third-order valence-electron chi connectivity index (χ3n) is 1.70. The number of rotatable bonds is 2. The summed E-state index contributed by atoms with van der Waals surface area (Å²) >= 11 is 8.12. The largest absolute Gasteiger partial charge is 0.503 e. The lowest BCUT2D eigenvalue weighted by atomic mass is 10.3. The number of halogens is 2. The maximum absolute atomic E-state index is 13.2. The van der Waals surface area contributed by atoms with Crippen molar-refractivity contribution in [1.82, 2.24) is 5.32 Å². The van der Waals surface area contributed by atoms with Gasteiger partial charge in [-0.2, -0.15) is 0 Å². The van der Waals surface area contributed by atoms with Crippen molar-refractivity contribution in [3.05, 3.63) is 22.4 Å². The van der Waals surface area contributed by atoms with E-state index in [1.807, 2.05) is 13.8 Å². The smallest absolute Gasteiger partial charge is 0.175 e. The van der Waals surface area contributed by atoms with E-state index in [-0.39, 0.29) is 11.7 Å². The van der Waals surface area contributed by atoms with Crippen molar-refractivity contribution in [3.8, 4) is 5.75 Å². The van der Waals surface area contributed by atoms with Crippen LogP contribution in [0.4, 0.5) is 10.1 Å². The fourth-order valence-corrected chi connectivity index (χ4v) is 1.86. The molecule has 16 heavy (non-hydrogen) atoms. The van der Waals surface area contributed by atoms with E-state index in [4.69, 9.17) is 12.2 Å². The first-order valence-electron chi connectivity index (χ1n) is 4.65. The van der Waals surface area contributed by atoms with Crippen LogP contribution in [0.25, 0.3) is 0 Å². The van der Waals surface area contributed by atoms with E-state index in [9.17, 15) is 9.50 Å². The van der Waals surface area contributed by atoms with Gasteiger partial charge in [-0.25, -0.2) is 4.39 Å². The highest BCUT2D eigenvalue weighted by Gasteiger charge is 2.10. The van der Waals surface area contributed by atoms with Gasteiger partial charge in [-0.3, -0.25) is 0 Å². The van der Waals surface area contributed by atoms with Crippen molar-refractivity contribution in [1.29, 1.82) is 0 Å². The van der Waals surface area contributed by atoms with Gasteiger partial charge >= 0.3 is 0 Å². The minimum atomic E-state index is -0.704. The molecule has 0 aromatic heterocycles. The van der Waals surface area contributed by atoms with Crippen molar-refractivity contribution in [2.75, 3.05) is 5.32 Å². The molecular weight excluding hydrogens is 295 g/mol. The zero-order chi connectivity index (χ0) is 12.3. The van der Waals surface area contributed by atoms with Crippen LogP contribution in [0.2, 0.25) is 0 Å². The van der Waals surface area contributed by atoms with Gasteiger partial charge in [0.25, 0.3) is 0 Å². The second-order valence-electron chi connectivity index (χ2n) is 3.54. The molecule has 0 spiro atoms. The SMILES string of the molecule is CC(C)NC(=S)Nc1cc(Br)cc(F)c1O. The number of phenolic OH excluding ortho intramolecular Hbond substituents is 1. The Kier molecular flexibility index (Phi) is 4.49. The zero-order valence-electron chi connectivity index (χ0n) is 8.84. The van der Waals surface area contributed by atoms with Crippen LogP contribution in [0.1, 0.15) is 13.8 Å². The van der Waals surface area contributed by atoms with E-state index in [1.165, 1.54) is 6.07 Å². The van der Waals surface area contributed by atoms with E-state index in [0.717, 1.165) is 0 Å². The van der Waals surface area contributed by atoms with Crippen molar-refractivity contribution >= 4 is 38.9 Å². The van der Waals surface area contributed by atoms with Crippen LogP contribution in [0, 0.1) is 5.82 Å². The van der Waals surface area contributed by atoms with Crippen LogP contribution >= 0.6 is 28.1 Å². The number of thiocarbonyl (C=S) groups is 1. The van der Waals surface area contributed by atoms with Gasteiger partial charge in [0.1, 0.15) is 0 Å². The van der Waals surface area contributed by atoms with E-state index < -0.39 is 11.6 Å². The van der Waals surface area contributed by atoms with E-state index >= 15 is 0 Å². The molecule has 3 nitrogen and oxygen atoms in total. The van der Waals surface area contributed by atoms with Gasteiger partial charge in [0.15, 0.2) is 16.7 Å². The van der Waals surface area contributed by atoms with E-state index in [2.05, 4.69) is 26.6 Å². The third-order valence-corrected chi connectivity index (χ3v) is 2.37. The summed E-state index contributed by atoms with van der Waals surface area (Å²) in [5, 5.41) is 15.4. The van der Waals surface area contributed by atoms with Gasteiger partial charge in [-0.1, -0.05) is 15.9 Å². The molecule has 0 atom stereocenters. The molecule has 1 aromatic rings. The van der Waals surface area contributed by atoms with Crippen molar-refractivity contribution < 1.29 is 9.50 Å².